The minimum absolute atomic E-state index is 0.224. The van der Waals surface area contributed by atoms with Gasteiger partial charge < -0.3 is 5.32 Å². The van der Waals surface area contributed by atoms with Crippen molar-refractivity contribution in [3.8, 4) is 0 Å². The molecule has 124 valence electrons. The SMILES string of the molecule is Cn1nc(C(=O)NCc2nc3ccccc3s2)c2ccccc2c1=O. The van der Waals surface area contributed by atoms with E-state index >= 15 is 0 Å². The first-order valence-electron chi connectivity index (χ1n) is 7.72. The Balaban J connectivity index is 1.64. The average Bonchev–Trinajstić information content (AvgIpc) is 3.06. The number of benzene rings is 2. The zero-order valence-electron chi connectivity index (χ0n) is 13.4. The highest BCUT2D eigenvalue weighted by Crippen LogP contribution is 2.21. The van der Waals surface area contributed by atoms with Crippen LogP contribution in [0.25, 0.3) is 21.0 Å². The Morgan fingerprint density at radius 3 is 2.64 bits per heavy atom. The van der Waals surface area contributed by atoms with Crippen LogP contribution in [0.3, 0.4) is 0 Å². The van der Waals surface area contributed by atoms with E-state index in [1.54, 1.807) is 42.6 Å². The Bertz CT molecular complexity index is 1130. The fourth-order valence-electron chi connectivity index (χ4n) is 2.70. The van der Waals surface area contributed by atoms with Crippen molar-refractivity contribution in [1.82, 2.24) is 20.1 Å². The van der Waals surface area contributed by atoms with E-state index in [0.29, 0.717) is 17.3 Å². The van der Waals surface area contributed by atoms with Gasteiger partial charge in [0.25, 0.3) is 11.5 Å². The number of aromatic nitrogens is 3. The molecule has 2 heterocycles. The van der Waals surface area contributed by atoms with Crippen molar-refractivity contribution in [1.29, 1.82) is 0 Å². The summed E-state index contributed by atoms with van der Waals surface area (Å²) < 4.78 is 2.27. The van der Waals surface area contributed by atoms with Crippen molar-refractivity contribution in [2.75, 3.05) is 0 Å². The summed E-state index contributed by atoms with van der Waals surface area (Å²) in [5.74, 6) is -0.328. The van der Waals surface area contributed by atoms with Crippen molar-refractivity contribution in [2.24, 2.45) is 7.05 Å². The molecule has 4 aromatic rings. The van der Waals surface area contributed by atoms with E-state index in [0.717, 1.165) is 15.2 Å². The Labute approximate surface area is 146 Å². The molecule has 2 aromatic heterocycles. The van der Waals surface area contributed by atoms with Crippen molar-refractivity contribution < 1.29 is 4.79 Å². The molecule has 0 aliphatic carbocycles. The Morgan fingerprint density at radius 2 is 1.84 bits per heavy atom. The van der Waals surface area contributed by atoms with E-state index in [1.807, 2.05) is 24.3 Å². The summed E-state index contributed by atoms with van der Waals surface area (Å²) in [7, 11) is 1.54. The maximum atomic E-state index is 12.6. The van der Waals surface area contributed by atoms with Gasteiger partial charge >= 0.3 is 0 Å². The number of carbonyl (C=O) groups excluding carboxylic acids is 1. The predicted molar refractivity (Wildman–Crippen MR) is 97.8 cm³/mol. The van der Waals surface area contributed by atoms with Gasteiger partial charge in [-0.1, -0.05) is 30.3 Å². The molecule has 7 heteroatoms. The maximum absolute atomic E-state index is 12.6. The van der Waals surface area contributed by atoms with Crippen LogP contribution in [-0.2, 0) is 13.6 Å². The second kappa shape index (κ2) is 6.10. The first kappa shape index (κ1) is 15.5. The fourth-order valence-corrected chi connectivity index (χ4v) is 3.61. The van der Waals surface area contributed by atoms with E-state index in [9.17, 15) is 9.59 Å². The van der Waals surface area contributed by atoms with Crippen LogP contribution in [0.15, 0.2) is 53.3 Å². The topological polar surface area (TPSA) is 76.9 Å². The summed E-state index contributed by atoms with van der Waals surface area (Å²) in [6, 6.07) is 14.8. The second-order valence-electron chi connectivity index (χ2n) is 5.58. The normalized spacial score (nSPS) is 11.1. The van der Waals surface area contributed by atoms with Gasteiger partial charge in [-0.3, -0.25) is 9.59 Å². The maximum Gasteiger partial charge on any atom is 0.274 e. The van der Waals surface area contributed by atoms with E-state index in [4.69, 9.17) is 0 Å². The van der Waals surface area contributed by atoms with Crippen LogP contribution in [0.4, 0.5) is 0 Å². The number of nitrogens with zero attached hydrogens (tertiary/aromatic N) is 3. The number of para-hydroxylation sites is 1. The predicted octanol–water partition coefficient (Wildman–Crippen LogP) is 2.47. The number of hydrogen-bond acceptors (Lipinski definition) is 5. The summed E-state index contributed by atoms with van der Waals surface area (Å²) in [5, 5.41) is 8.83. The fraction of sp³-hybridized carbons (Fsp3) is 0.111. The molecule has 0 atom stereocenters. The Kier molecular flexibility index (Phi) is 3.77. The number of thiazole rings is 1. The van der Waals surface area contributed by atoms with Gasteiger partial charge in [-0.2, -0.15) is 5.10 Å². The molecule has 0 saturated carbocycles. The molecule has 2 aromatic carbocycles. The van der Waals surface area contributed by atoms with Gasteiger partial charge in [0.15, 0.2) is 5.69 Å². The third-order valence-electron chi connectivity index (χ3n) is 3.91. The van der Waals surface area contributed by atoms with Crippen LogP contribution in [0, 0.1) is 0 Å². The Morgan fingerprint density at radius 1 is 1.12 bits per heavy atom. The van der Waals surface area contributed by atoms with E-state index in [2.05, 4.69) is 15.4 Å². The number of hydrogen-bond donors (Lipinski definition) is 1. The monoisotopic (exact) mass is 350 g/mol. The lowest BCUT2D eigenvalue weighted by molar-refractivity contribution is 0.0945. The first-order valence-corrected chi connectivity index (χ1v) is 8.54. The highest BCUT2D eigenvalue weighted by atomic mass is 32.1. The number of carbonyl (C=O) groups is 1. The summed E-state index contributed by atoms with van der Waals surface area (Å²) in [6.45, 7) is 0.316. The van der Waals surface area contributed by atoms with Crippen molar-refractivity contribution >= 4 is 38.2 Å². The van der Waals surface area contributed by atoms with Crippen molar-refractivity contribution in [2.45, 2.75) is 6.54 Å². The number of rotatable bonds is 3. The molecule has 0 spiro atoms. The van der Waals surface area contributed by atoms with Crippen molar-refractivity contribution in [3.05, 3.63) is 69.6 Å². The number of aryl methyl sites for hydroxylation is 1. The lowest BCUT2D eigenvalue weighted by atomic mass is 10.1. The standard InChI is InChI=1S/C18H14N4O2S/c1-22-18(24)12-7-3-2-6-11(12)16(21-22)17(23)19-10-15-20-13-8-4-5-9-14(13)25-15/h2-9H,10H2,1H3,(H,19,23). The third kappa shape index (κ3) is 2.78. The molecule has 25 heavy (non-hydrogen) atoms. The number of nitrogens with one attached hydrogen (secondary N) is 1. The van der Waals surface area contributed by atoms with Crippen LogP contribution >= 0.6 is 11.3 Å². The average molecular weight is 350 g/mol. The van der Waals surface area contributed by atoms with Gasteiger partial charge in [0, 0.05) is 12.4 Å². The second-order valence-corrected chi connectivity index (χ2v) is 6.70. The third-order valence-corrected chi connectivity index (χ3v) is 4.95. The zero-order chi connectivity index (χ0) is 17.4. The molecule has 1 N–H and O–H groups in total. The first-order chi connectivity index (χ1) is 12.1. The van der Waals surface area contributed by atoms with Gasteiger partial charge in [0.05, 0.1) is 22.1 Å². The summed E-state index contributed by atoms with van der Waals surface area (Å²) in [4.78, 5) is 29.2. The molecule has 0 unspecified atom stereocenters. The lowest BCUT2D eigenvalue weighted by Crippen LogP contribution is -2.29. The lowest BCUT2D eigenvalue weighted by Gasteiger charge is -2.08. The summed E-state index contributed by atoms with van der Waals surface area (Å²) >= 11 is 1.54. The minimum atomic E-state index is -0.328. The van der Waals surface area contributed by atoms with Gasteiger partial charge in [-0.15, -0.1) is 11.3 Å². The van der Waals surface area contributed by atoms with Gasteiger partial charge in [-0.05, 0) is 18.2 Å². The summed E-state index contributed by atoms with van der Waals surface area (Å²) in [6.07, 6.45) is 0. The van der Waals surface area contributed by atoms with Crippen LogP contribution in [0.5, 0.6) is 0 Å². The van der Waals surface area contributed by atoms with Crippen molar-refractivity contribution in [3.63, 3.8) is 0 Å². The molecule has 0 aliphatic rings. The number of fused-ring (bicyclic) bond motifs is 2. The van der Waals surface area contributed by atoms with Gasteiger partial charge in [-0.25, -0.2) is 9.67 Å². The van der Waals surface area contributed by atoms with Crippen LogP contribution in [-0.4, -0.2) is 20.7 Å². The molecule has 0 saturated heterocycles. The molecule has 0 aliphatic heterocycles. The quantitative estimate of drug-likeness (QED) is 0.616. The Hall–Kier alpha value is -3.06. The molecular weight excluding hydrogens is 336 g/mol. The summed E-state index contributed by atoms with van der Waals surface area (Å²) in [5.41, 5.74) is 0.930. The molecule has 1 amide bonds. The molecule has 0 radical (unpaired) electrons. The van der Waals surface area contributed by atoms with E-state index in [1.165, 1.54) is 4.68 Å². The van der Waals surface area contributed by atoms with Crippen LogP contribution in [0.2, 0.25) is 0 Å². The largest absolute Gasteiger partial charge is 0.344 e. The smallest absolute Gasteiger partial charge is 0.274 e. The minimum Gasteiger partial charge on any atom is -0.344 e. The molecule has 0 fully saturated rings. The number of amides is 1. The molecule has 4 rings (SSSR count). The van der Waals surface area contributed by atoms with Gasteiger partial charge in [0.1, 0.15) is 5.01 Å². The van der Waals surface area contributed by atoms with E-state index < -0.39 is 0 Å². The van der Waals surface area contributed by atoms with Crippen LogP contribution < -0.4 is 10.9 Å². The van der Waals surface area contributed by atoms with Gasteiger partial charge in [0.2, 0.25) is 0 Å². The highest BCUT2D eigenvalue weighted by molar-refractivity contribution is 7.18. The molecule has 0 bridgehead atoms. The van der Waals surface area contributed by atoms with E-state index in [-0.39, 0.29) is 17.2 Å². The van der Waals surface area contributed by atoms with Crippen LogP contribution in [0.1, 0.15) is 15.5 Å². The highest BCUT2D eigenvalue weighted by Gasteiger charge is 2.15. The zero-order valence-corrected chi connectivity index (χ0v) is 14.2. The molecular formula is C18H14N4O2S. The molecule has 6 nitrogen and oxygen atoms in total.